The highest BCUT2D eigenvalue weighted by Crippen LogP contribution is 2.30. The van der Waals surface area contributed by atoms with E-state index in [1.807, 2.05) is 12.1 Å². The summed E-state index contributed by atoms with van der Waals surface area (Å²) in [5, 5.41) is 0. The molecular formula is C19H24INO3. The van der Waals surface area contributed by atoms with E-state index in [4.69, 9.17) is 9.73 Å². The minimum Gasteiger partial charge on any atom is -0.465 e. The largest absolute Gasteiger partial charge is 0.465 e. The van der Waals surface area contributed by atoms with Gasteiger partial charge in [0, 0.05) is 18.6 Å². The Morgan fingerprint density at radius 2 is 2.17 bits per heavy atom. The number of nitrogens with zero attached hydrogens (tertiary/aromatic N) is 1. The van der Waals surface area contributed by atoms with Gasteiger partial charge in [0.05, 0.1) is 21.9 Å². The van der Waals surface area contributed by atoms with Gasteiger partial charge in [-0.2, -0.15) is 0 Å². The van der Waals surface area contributed by atoms with Crippen LogP contribution in [0, 0.1) is 9.49 Å². The molecule has 0 radical (unpaired) electrons. The molecule has 0 N–H and O–H groups in total. The molecule has 1 atom stereocenters. The number of hydrogen-bond donors (Lipinski definition) is 0. The number of carbonyl (C=O) groups is 2. The van der Waals surface area contributed by atoms with Crippen LogP contribution in [0.25, 0.3) is 0 Å². The lowest BCUT2D eigenvalue weighted by atomic mass is 9.83. The average Bonchev–Trinajstić information content (AvgIpc) is 2.58. The highest BCUT2D eigenvalue weighted by atomic mass is 127. The molecule has 2 rings (SSSR count). The second-order valence-corrected chi connectivity index (χ2v) is 7.26. The smallest absolute Gasteiger partial charge is 0.339 e. The van der Waals surface area contributed by atoms with Gasteiger partial charge in [0.25, 0.3) is 0 Å². The minimum atomic E-state index is -0.360. The fourth-order valence-electron chi connectivity index (χ4n) is 3.05. The van der Waals surface area contributed by atoms with E-state index in [0.717, 1.165) is 27.8 Å². The molecule has 24 heavy (non-hydrogen) atoms. The maximum atomic E-state index is 11.9. The van der Waals surface area contributed by atoms with Crippen LogP contribution in [0.3, 0.4) is 0 Å². The first-order valence-electron chi connectivity index (χ1n) is 8.52. The Kier molecular flexibility index (Phi) is 7.40. The number of rotatable bonds is 6. The summed E-state index contributed by atoms with van der Waals surface area (Å²) < 4.78 is 5.60. The summed E-state index contributed by atoms with van der Waals surface area (Å²) in [6.07, 6.45) is 6.67. The zero-order valence-corrected chi connectivity index (χ0v) is 16.5. The molecule has 0 saturated heterocycles. The fourth-order valence-corrected chi connectivity index (χ4v) is 3.75. The molecule has 0 bridgehead atoms. The molecule has 0 aliphatic heterocycles. The van der Waals surface area contributed by atoms with E-state index in [1.165, 1.54) is 26.4 Å². The van der Waals surface area contributed by atoms with Crippen molar-refractivity contribution in [1.82, 2.24) is 0 Å². The van der Waals surface area contributed by atoms with Gasteiger partial charge in [-0.25, -0.2) is 4.79 Å². The number of esters is 1. The fraction of sp³-hybridized carbons (Fsp3) is 0.526. The van der Waals surface area contributed by atoms with Crippen LogP contribution in [0.4, 0.5) is 5.69 Å². The topological polar surface area (TPSA) is 55.7 Å². The third-order valence-electron chi connectivity index (χ3n) is 4.43. The maximum absolute atomic E-state index is 11.9. The molecule has 4 nitrogen and oxygen atoms in total. The molecule has 0 heterocycles. The monoisotopic (exact) mass is 441 g/mol. The first kappa shape index (κ1) is 19.1. The van der Waals surface area contributed by atoms with E-state index >= 15 is 0 Å². The second-order valence-electron chi connectivity index (χ2n) is 6.18. The predicted molar refractivity (Wildman–Crippen MR) is 104 cm³/mol. The molecule has 1 saturated carbocycles. The van der Waals surface area contributed by atoms with Crippen LogP contribution >= 0.6 is 22.6 Å². The number of ether oxygens (including phenoxy) is 1. The summed E-state index contributed by atoms with van der Waals surface area (Å²) in [5.74, 6) is 0.284. The molecule has 1 aliphatic rings. The quantitative estimate of drug-likeness (QED) is 0.351. The summed E-state index contributed by atoms with van der Waals surface area (Å²) >= 11 is 2.13. The van der Waals surface area contributed by atoms with Gasteiger partial charge in [0.15, 0.2) is 0 Å². The van der Waals surface area contributed by atoms with Gasteiger partial charge in [0.2, 0.25) is 0 Å². The molecule has 1 aromatic carbocycles. The van der Waals surface area contributed by atoms with E-state index in [0.29, 0.717) is 24.3 Å². The van der Waals surface area contributed by atoms with Crippen molar-refractivity contribution in [3.63, 3.8) is 0 Å². The van der Waals surface area contributed by atoms with Crippen molar-refractivity contribution in [3.05, 3.63) is 27.3 Å². The van der Waals surface area contributed by atoms with Gasteiger partial charge in [-0.15, -0.1) is 0 Å². The Labute approximate surface area is 157 Å². The van der Waals surface area contributed by atoms with Gasteiger partial charge in [-0.05, 0) is 53.5 Å². The standard InChI is InChI=1S/C19H24INO3/c1-3-4-5-7-13-10-11-14(22)12-17(13)21-16-9-6-8-15(18(16)20)19(23)24-2/h6,8-9,13H,3-5,7,10-12H2,1-2H3. The Balaban J connectivity index is 2.28. The van der Waals surface area contributed by atoms with Crippen LogP contribution < -0.4 is 0 Å². The summed E-state index contributed by atoms with van der Waals surface area (Å²) in [6.45, 7) is 2.19. The number of methoxy groups -OCH3 is 1. The van der Waals surface area contributed by atoms with E-state index < -0.39 is 0 Å². The summed E-state index contributed by atoms with van der Waals surface area (Å²) in [6, 6.07) is 5.44. The maximum Gasteiger partial charge on any atom is 0.339 e. The third-order valence-corrected chi connectivity index (χ3v) is 5.56. The lowest BCUT2D eigenvalue weighted by molar-refractivity contribution is -0.118. The van der Waals surface area contributed by atoms with Crippen molar-refractivity contribution in [1.29, 1.82) is 0 Å². The normalized spacial score (nSPS) is 19.5. The number of aliphatic imine (C=N–C) groups is 1. The van der Waals surface area contributed by atoms with Crippen molar-refractivity contribution in [2.24, 2.45) is 10.9 Å². The molecule has 0 amide bonds. The first-order valence-corrected chi connectivity index (χ1v) is 9.60. The van der Waals surface area contributed by atoms with Crippen LogP contribution in [0.2, 0.25) is 0 Å². The van der Waals surface area contributed by atoms with Crippen LogP contribution in [0.15, 0.2) is 23.2 Å². The molecule has 130 valence electrons. The van der Waals surface area contributed by atoms with Gasteiger partial charge < -0.3 is 4.74 Å². The molecule has 5 heteroatoms. The SMILES string of the molecule is CCCCCC1CCC(=O)CC1=Nc1cccc(C(=O)OC)c1I. The van der Waals surface area contributed by atoms with Gasteiger partial charge in [-0.1, -0.05) is 32.3 Å². The third kappa shape index (κ3) is 4.88. The minimum absolute atomic E-state index is 0.264. The predicted octanol–water partition coefficient (Wildman–Crippen LogP) is 5.10. The molecule has 0 spiro atoms. The lowest BCUT2D eigenvalue weighted by Gasteiger charge is -2.23. The zero-order chi connectivity index (χ0) is 17.5. The number of halogens is 1. The highest BCUT2D eigenvalue weighted by molar-refractivity contribution is 14.1. The number of benzene rings is 1. The Morgan fingerprint density at radius 3 is 2.88 bits per heavy atom. The molecular weight excluding hydrogens is 417 g/mol. The number of unbranched alkanes of at least 4 members (excludes halogenated alkanes) is 2. The average molecular weight is 441 g/mol. The van der Waals surface area contributed by atoms with E-state index in [2.05, 4.69) is 29.5 Å². The van der Waals surface area contributed by atoms with Gasteiger partial charge in [-0.3, -0.25) is 9.79 Å². The van der Waals surface area contributed by atoms with Crippen molar-refractivity contribution in [3.8, 4) is 0 Å². The number of Topliss-reactive ketones (excluding diaryl/α,β-unsaturated/α-hetero) is 1. The lowest BCUT2D eigenvalue weighted by Crippen LogP contribution is -2.25. The Morgan fingerprint density at radius 1 is 1.38 bits per heavy atom. The van der Waals surface area contributed by atoms with Crippen molar-refractivity contribution in [2.45, 2.75) is 51.9 Å². The number of hydrogen-bond acceptors (Lipinski definition) is 4. The highest BCUT2D eigenvalue weighted by Gasteiger charge is 2.25. The summed E-state index contributed by atoms with van der Waals surface area (Å²) in [4.78, 5) is 28.5. The first-order chi connectivity index (χ1) is 11.6. The Bertz CT molecular complexity index is 639. The summed E-state index contributed by atoms with van der Waals surface area (Å²) in [7, 11) is 1.38. The van der Waals surface area contributed by atoms with Crippen molar-refractivity contribution < 1.29 is 14.3 Å². The van der Waals surface area contributed by atoms with Crippen LogP contribution in [-0.4, -0.2) is 24.6 Å². The molecule has 1 aliphatic carbocycles. The molecule has 1 unspecified atom stereocenters. The van der Waals surface area contributed by atoms with E-state index in [-0.39, 0.29) is 11.8 Å². The van der Waals surface area contributed by atoms with Crippen LogP contribution in [0.5, 0.6) is 0 Å². The van der Waals surface area contributed by atoms with E-state index in [1.54, 1.807) is 6.07 Å². The molecule has 1 fully saturated rings. The van der Waals surface area contributed by atoms with Gasteiger partial charge >= 0.3 is 5.97 Å². The van der Waals surface area contributed by atoms with E-state index in [9.17, 15) is 9.59 Å². The van der Waals surface area contributed by atoms with Crippen LogP contribution in [0.1, 0.15) is 62.2 Å². The van der Waals surface area contributed by atoms with Crippen molar-refractivity contribution >= 4 is 45.7 Å². The van der Waals surface area contributed by atoms with Crippen molar-refractivity contribution in [2.75, 3.05) is 7.11 Å². The van der Waals surface area contributed by atoms with Gasteiger partial charge in [0.1, 0.15) is 5.78 Å². The summed E-state index contributed by atoms with van der Waals surface area (Å²) in [5.41, 5.74) is 2.25. The second kappa shape index (κ2) is 9.30. The Hall–Kier alpha value is -1.24. The molecule has 1 aromatic rings. The number of carbonyl (C=O) groups excluding carboxylic acids is 2. The van der Waals surface area contributed by atoms with Crippen LogP contribution in [-0.2, 0) is 9.53 Å². The number of ketones is 1. The molecule has 0 aromatic heterocycles. The zero-order valence-electron chi connectivity index (χ0n) is 14.3.